The summed E-state index contributed by atoms with van der Waals surface area (Å²) in [5, 5.41) is 4.06. The Bertz CT molecular complexity index is 1120. The zero-order chi connectivity index (χ0) is 21.8. The Balaban J connectivity index is 1.43. The minimum absolute atomic E-state index is 0.173. The van der Waals surface area contributed by atoms with Crippen LogP contribution in [0.2, 0.25) is 0 Å². The lowest BCUT2D eigenvalue weighted by Gasteiger charge is -2.35. The summed E-state index contributed by atoms with van der Waals surface area (Å²) in [5.74, 6) is 1.48. The molecule has 1 fully saturated rings. The van der Waals surface area contributed by atoms with Crippen molar-refractivity contribution in [1.29, 1.82) is 0 Å². The Labute approximate surface area is 179 Å². The third kappa shape index (κ3) is 4.55. The van der Waals surface area contributed by atoms with Crippen LogP contribution in [0.15, 0.2) is 53.6 Å². The van der Waals surface area contributed by atoms with Crippen LogP contribution in [0.1, 0.15) is 17.4 Å². The number of benzene rings is 1. The number of aromatic nitrogens is 4. The van der Waals surface area contributed by atoms with E-state index < -0.39 is 0 Å². The molecule has 31 heavy (non-hydrogen) atoms. The molecular weight excluding hydrogens is 396 g/mol. The molecule has 1 saturated heterocycles. The number of anilines is 1. The first-order chi connectivity index (χ1) is 15.0. The lowest BCUT2D eigenvalue weighted by molar-refractivity contribution is 0.0738. The van der Waals surface area contributed by atoms with Crippen LogP contribution in [0.4, 0.5) is 5.82 Å². The zero-order valence-electron chi connectivity index (χ0n) is 17.6. The Morgan fingerprint density at radius 2 is 1.77 bits per heavy atom. The molecule has 1 amide bonds. The van der Waals surface area contributed by atoms with Gasteiger partial charge in [0, 0.05) is 50.9 Å². The highest BCUT2D eigenvalue weighted by atomic mass is 16.5. The van der Waals surface area contributed by atoms with Gasteiger partial charge in [0.2, 0.25) is 0 Å². The predicted molar refractivity (Wildman–Crippen MR) is 116 cm³/mol. The van der Waals surface area contributed by atoms with Crippen LogP contribution in [0, 0.1) is 0 Å². The van der Waals surface area contributed by atoms with Crippen molar-refractivity contribution >= 4 is 11.7 Å². The number of amides is 1. The van der Waals surface area contributed by atoms with Crippen molar-refractivity contribution in [3.8, 4) is 17.0 Å². The third-order valence-electron chi connectivity index (χ3n) is 5.18. The van der Waals surface area contributed by atoms with E-state index >= 15 is 0 Å². The first-order valence-corrected chi connectivity index (χ1v) is 10.2. The second-order valence-electron chi connectivity index (χ2n) is 7.18. The fraction of sp³-hybridized carbons (Fsp3) is 0.318. The highest BCUT2D eigenvalue weighted by molar-refractivity contribution is 5.92. The molecule has 1 aliphatic heterocycles. The predicted octanol–water partition coefficient (Wildman–Crippen LogP) is 1.60. The molecule has 0 saturated carbocycles. The maximum Gasteiger partial charge on any atom is 0.274 e. The molecule has 0 unspecified atom stereocenters. The van der Waals surface area contributed by atoms with Crippen LogP contribution in [0.25, 0.3) is 11.3 Å². The maximum absolute atomic E-state index is 12.7. The number of ether oxygens (including phenoxy) is 1. The number of nitrogens with zero attached hydrogens (tertiary/aromatic N) is 6. The van der Waals surface area contributed by atoms with Gasteiger partial charge in [-0.3, -0.25) is 9.59 Å². The lowest BCUT2D eigenvalue weighted by Crippen LogP contribution is -2.49. The van der Waals surface area contributed by atoms with Crippen LogP contribution in [-0.2, 0) is 7.05 Å². The fourth-order valence-electron chi connectivity index (χ4n) is 3.48. The number of piperazine rings is 1. The number of carbonyl (C=O) groups excluding carboxylic acids is 1. The van der Waals surface area contributed by atoms with Gasteiger partial charge in [0.1, 0.15) is 23.6 Å². The van der Waals surface area contributed by atoms with Crippen LogP contribution in [0.3, 0.4) is 0 Å². The Morgan fingerprint density at radius 1 is 1.03 bits per heavy atom. The van der Waals surface area contributed by atoms with E-state index in [4.69, 9.17) is 4.74 Å². The monoisotopic (exact) mass is 420 g/mol. The first-order valence-electron chi connectivity index (χ1n) is 10.2. The molecular formula is C22H24N6O3. The zero-order valence-corrected chi connectivity index (χ0v) is 17.6. The van der Waals surface area contributed by atoms with Gasteiger partial charge in [-0.25, -0.2) is 14.6 Å². The van der Waals surface area contributed by atoms with E-state index in [0.29, 0.717) is 32.8 Å². The van der Waals surface area contributed by atoms with E-state index in [1.807, 2.05) is 37.3 Å². The molecule has 160 valence electrons. The average Bonchev–Trinajstić information content (AvgIpc) is 2.81. The van der Waals surface area contributed by atoms with E-state index in [1.165, 1.54) is 23.9 Å². The van der Waals surface area contributed by atoms with E-state index in [1.54, 1.807) is 11.2 Å². The highest BCUT2D eigenvalue weighted by Gasteiger charge is 2.24. The second-order valence-corrected chi connectivity index (χ2v) is 7.18. The lowest BCUT2D eigenvalue weighted by atomic mass is 10.1. The fourth-order valence-corrected chi connectivity index (χ4v) is 3.48. The summed E-state index contributed by atoms with van der Waals surface area (Å²) < 4.78 is 6.67. The third-order valence-corrected chi connectivity index (χ3v) is 5.18. The van der Waals surface area contributed by atoms with Crippen molar-refractivity contribution in [1.82, 2.24) is 24.6 Å². The molecule has 1 aromatic carbocycles. The van der Waals surface area contributed by atoms with Gasteiger partial charge in [-0.05, 0) is 37.3 Å². The molecule has 4 rings (SSSR count). The number of hydrogen-bond acceptors (Lipinski definition) is 7. The molecule has 0 N–H and O–H groups in total. The number of aryl methyl sites for hydroxylation is 1. The van der Waals surface area contributed by atoms with Crippen molar-refractivity contribution < 1.29 is 9.53 Å². The molecule has 0 aliphatic carbocycles. The minimum atomic E-state index is -0.242. The summed E-state index contributed by atoms with van der Waals surface area (Å²) in [6.45, 7) is 4.98. The molecule has 0 radical (unpaired) electrons. The number of rotatable bonds is 5. The average molecular weight is 420 g/mol. The number of hydrogen-bond donors (Lipinski definition) is 0. The molecule has 3 aromatic rings. The molecule has 9 nitrogen and oxygen atoms in total. The summed E-state index contributed by atoms with van der Waals surface area (Å²) in [6.07, 6.45) is 1.56. The normalized spacial score (nSPS) is 13.9. The van der Waals surface area contributed by atoms with E-state index in [9.17, 15) is 9.59 Å². The number of carbonyl (C=O) groups is 1. The van der Waals surface area contributed by atoms with Crippen LogP contribution >= 0.6 is 0 Å². The summed E-state index contributed by atoms with van der Waals surface area (Å²) in [6, 6.07) is 12.6. The molecule has 3 heterocycles. The molecule has 9 heteroatoms. The molecule has 2 aromatic heterocycles. The van der Waals surface area contributed by atoms with E-state index in [2.05, 4.69) is 20.0 Å². The SMILES string of the molecule is CCOc1ccc(-c2cc(N3CCN(C(=O)c4ccc(=O)n(C)n4)CC3)ncn2)cc1. The Kier molecular flexibility index (Phi) is 5.92. The topological polar surface area (TPSA) is 93.5 Å². The van der Waals surface area contributed by atoms with E-state index in [0.717, 1.165) is 22.8 Å². The van der Waals surface area contributed by atoms with Gasteiger partial charge in [-0.1, -0.05) is 0 Å². The molecule has 0 atom stereocenters. The Hall–Kier alpha value is -3.75. The minimum Gasteiger partial charge on any atom is -0.494 e. The Morgan fingerprint density at radius 3 is 2.45 bits per heavy atom. The molecule has 0 spiro atoms. The second kappa shape index (κ2) is 8.95. The van der Waals surface area contributed by atoms with Crippen molar-refractivity contribution in [3.63, 3.8) is 0 Å². The standard InChI is InChI=1S/C22H24N6O3/c1-3-31-17-6-4-16(5-7-17)19-14-20(24-15-23-19)27-10-12-28(13-11-27)22(30)18-8-9-21(29)26(2)25-18/h4-9,14-15H,3,10-13H2,1-2H3. The summed E-state index contributed by atoms with van der Waals surface area (Å²) in [7, 11) is 1.54. The van der Waals surface area contributed by atoms with Crippen LogP contribution < -0.4 is 15.2 Å². The van der Waals surface area contributed by atoms with Crippen molar-refractivity contribution in [2.45, 2.75) is 6.92 Å². The smallest absolute Gasteiger partial charge is 0.274 e. The van der Waals surface area contributed by atoms with Gasteiger partial charge < -0.3 is 14.5 Å². The van der Waals surface area contributed by atoms with Crippen molar-refractivity contribution in [2.24, 2.45) is 7.05 Å². The van der Waals surface area contributed by atoms with Gasteiger partial charge in [-0.2, -0.15) is 5.10 Å². The highest BCUT2D eigenvalue weighted by Crippen LogP contribution is 2.24. The largest absolute Gasteiger partial charge is 0.494 e. The quantitative estimate of drug-likeness (QED) is 0.619. The van der Waals surface area contributed by atoms with Crippen LogP contribution in [-0.4, -0.2) is 63.3 Å². The first kappa shape index (κ1) is 20.5. The van der Waals surface area contributed by atoms with E-state index in [-0.39, 0.29) is 17.2 Å². The van der Waals surface area contributed by atoms with Gasteiger partial charge in [0.25, 0.3) is 11.5 Å². The van der Waals surface area contributed by atoms with Crippen LogP contribution in [0.5, 0.6) is 5.75 Å². The van der Waals surface area contributed by atoms with Gasteiger partial charge in [0.05, 0.1) is 12.3 Å². The van der Waals surface area contributed by atoms with Crippen molar-refractivity contribution in [3.05, 3.63) is 64.8 Å². The summed E-state index contributed by atoms with van der Waals surface area (Å²) in [4.78, 5) is 36.9. The summed E-state index contributed by atoms with van der Waals surface area (Å²) >= 11 is 0. The summed E-state index contributed by atoms with van der Waals surface area (Å²) in [5.41, 5.74) is 1.85. The van der Waals surface area contributed by atoms with Gasteiger partial charge in [-0.15, -0.1) is 0 Å². The van der Waals surface area contributed by atoms with Gasteiger partial charge in [0.15, 0.2) is 0 Å². The molecule has 1 aliphatic rings. The maximum atomic E-state index is 12.7. The van der Waals surface area contributed by atoms with Crippen molar-refractivity contribution in [2.75, 3.05) is 37.7 Å². The van der Waals surface area contributed by atoms with Gasteiger partial charge >= 0.3 is 0 Å². The molecule has 0 bridgehead atoms.